The first-order valence-corrected chi connectivity index (χ1v) is 8.41. The van der Waals surface area contributed by atoms with Crippen molar-refractivity contribution in [2.75, 3.05) is 11.4 Å². The number of anilines is 1. The van der Waals surface area contributed by atoms with Gasteiger partial charge in [-0.15, -0.1) is 6.42 Å². The Bertz CT molecular complexity index is 854. The van der Waals surface area contributed by atoms with Crippen molar-refractivity contribution in [1.82, 2.24) is 0 Å². The van der Waals surface area contributed by atoms with Crippen LogP contribution in [0.25, 0.3) is 0 Å². The molecule has 0 unspecified atom stereocenters. The van der Waals surface area contributed by atoms with E-state index in [0.717, 1.165) is 3.57 Å². The summed E-state index contributed by atoms with van der Waals surface area (Å²) in [6.07, 6.45) is 5.01. The highest BCUT2D eigenvalue weighted by Crippen LogP contribution is 2.42. The smallest absolute Gasteiger partial charge is 0.265 e. The number of terminal acetylenes is 1. The molecule has 0 aromatic heterocycles. The molecule has 0 bridgehead atoms. The van der Waals surface area contributed by atoms with Crippen LogP contribution in [-0.4, -0.2) is 23.3 Å². The molecule has 3 rings (SSSR count). The van der Waals surface area contributed by atoms with Crippen LogP contribution in [0.4, 0.5) is 5.69 Å². The van der Waals surface area contributed by atoms with Crippen LogP contribution in [0.1, 0.15) is 22.3 Å². The molecule has 2 aromatic rings. The molecule has 0 aliphatic carbocycles. The van der Waals surface area contributed by atoms with E-state index in [1.807, 2.05) is 12.1 Å². The minimum atomic E-state index is -1.88. The van der Waals surface area contributed by atoms with E-state index < -0.39 is 11.5 Å². The Morgan fingerprint density at radius 2 is 1.88 bits per heavy atom. The van der Waals surface area contributed by atoms with E-state index in [4.69, 9.17) is 6.42 Å². The van der Waals surface area contributed by atoms with Gasteiger partial charge in [-0.05, 0) is 40.8 Å². The average Bonchev–Trinajstić information content (AvgIpc) is 2.78. The number of hydrogen-bond acceptors (Lipinski definition) is 3. The Morgan fingerprint density at radius 1 is 1.21 bits per heavy atom. The number of amides is 1. The third kappa shape index (κ3) is 2.72. The van der Waals surface area contributed by atoms with Crippen LogP contribution in [0, 0.1) is 15.9 Å². The first-order valence-electron chi connectivity index (χ1n) is 7.33. The molecule has 24 heavy (non-hydrogen) atoms. The van der Waals surface area contributed by atoms with Crippen LogP contribution in [0.15, 0.2) is 48.5 Å². The molecule has 0 fully saturated rings. The fraction of sp³-hybridized carbons (Fsp3) is 0.158. The Balaban J connectivity index is 1.97. The van der Waals surface area contributed by atoms with E-state index in [1.165, 1.54) is 4.90 Å². The van der Waals surface area contributed by atoms with Gasteiger partial charge in [0.25, 0.3) is 5.91 Å². The van der Waals surface area contributed by atoms with E-state index >= 15 is 0 Å². The third-order valence-corrected chi connectivity index (χ3v) is 4.79. The molecular weight excluding hydrogens is 417 g/mol. The molecule has 1 aliphatic heterocycles. The summed E-state index contributed by atoms with van der Waals surface area (Å²) in [6.45, 7) is 0.0515. The summed E-state index contributed by atoms with van der Waals surface area (Å²) in [7, 11) is 0. The van der Waals surface area contributed by atoms with Gasteiger partial charge in [-0.3, -0.25) is 14.5 Å². The highest BCUT2D eigenvalue weighted by Gasteiger charge is 2.50. The molecule has 0 saturated heterocycles. The molecule has 1 amide bonds. The molecule has 0 saturated carbocycles. The Labute approximate surface area is 153 Å². The van der Waals surface area contributed by atoms with Gasteiger partial charge in [-0.2, -0.15) is 0 Å². The molecule has 4 nitrogen and oxygen atoms in total. The van der Waals surface area contributed by atoms with Crippen LogP contribution in [0.3, 0.4) is 0 Å². The molecule has 5 heteroatoms. The first-order chi connectivity index (χ1) is 11.5. The van der Waals surface area contributed by atoms with Gasteiger partial charge in [0.1, 0.15) is 0 Å². The zero-order chi connectivity index (χ0) is 17.3. The van der Waals surface area contributed by atoms with E-state index in [9.17, 15) is 14.7 Å². The van der Waals surface area contributed by atoms with E-state index in [0.29, 0.717) is 16.8 Å². The van der Waals surface area contributed by atoms with E-state index in [2.05, 4.69) is 28.5 Å². The lowest BCUT2D eigenvalue weighted by molar-refractivity contribution is -0.135. The number of carbonyl (C=O) groups excluding carboxylic acids is 2. The molecule has 1 atom stereocenters. The van der Waals surface area contributed by atoms with Gasteiger partial charge in [0.2, 0.25) is 0 Å². The monoisotopic (exact) mass is 431 g/mol. The van der Waals surface area contributed by atoms with Crippen LogP contribution in [-0.2, 0) is 10.4 Å². The highest BCUT2D eigenvalue weighted by molar-refractivity contribution is 14.1. The second kappa shape index (κ2) is 6.38. The highest BCUT2D eigenvalue weighted by atomic mass is 127. The average molecular weight is 431 g/mol. The van der Waals surface area contributed by atoms with Crippen LogP contribution < -0.4 is 4.90 Å². The summed E-state index contributed by atoms with van der Waals surface area (Å²) in [6, 6.07) is 13.9. The Kier molecular flexibility index (Phi) is 4.43. The lowest BCUT2D eigenvalue weighted by Gasteiger charge is -2.21. The van der Waals surface area contributed by atoms with Gasteiger partial charge in [-0.1, -0.05) is 36.3 Å². The molecule has 0 radical (unpaired) electrons. The molecule has 1 aliphatic rings. The lowest BCUT2D eigenvalue weighted by atomic mass is 9.88. The summed E-state index contributed by atoms with van der Waals surface area (Å²) in [5.74, 6) is 1.57. The predicted molar refractivity (Wildman–Crippen MR) is 99.6 cm³/mol. The van der Waals surface area contributed by atoms with Gasteiger partial charge in [0, 0.05) is 14.7 Å². The molecule has 120 valence electrons. The SMILES string of the molecule is C#CCN1C(=O)[C@](O)(CC(=O)c2ccc(I)cc2)c2ccccc21. The minimum Gasteiger partial charge on any atom is -0.375 e. The van der Waals surface area contributed by atoms with Gasteiger partial charge < -0.3 is 5.11 Å². The topological polar surface area (TPSA) is 57.6 Å². The quantitative estimate of drug-likeness (QED) is 0.460. The molecular formula is C19H14INO3. The fourth-order valence-electron chi connectivity index (χ4n) is 2.90. The first kappa shape index (κ1) is 16.7. The summed E-state index contributed by atoms with van der Waals surface area (Å²) in [5.41, 5.74) is -0.444. The third-order valence-electron chi connectivity index (χ3n) is 4.07. The maximum absolute atomic E-state index is 12.7. The van der Waals surface area contributed by atoms with Crippen molar-refractivity contribution in [3.8, 4) is 12.3 Å². The fourth-order valence-corrected chi connectivity index (χ4v) is 3.26. The number of aliphatic hydroxyl groups is 1. The summed E-state index contributed by atoms with van der Waals surface area (Å²) in [5, 5.41) is 11.0. The number of benzene rings is 2. The number of ketones is 1. The van der Waals surface area contributed by atoms with Crippen molar-refractivity contribution in [2.24, 2.45) is 0 Å². The van der Waals surface area contributed by atoms with Gasteiger partial charge in [0.15, 0.2) is 11.4 Å². The largest absolute Gasteiger partial charge is 0.375 e. The molecule has 2 aromatic carbocycles. The Morgan fingerprint density at radius 3 is 2.54 bits per heavy atom. The standard InChI is InChI=1S/C19H14INO3/c1-2-11-21-16-6-4-3-5-15(16)19(24,18(21)23)12-17(22)13-7-9-14(20)10-8-13/h1,3-10,24H,11-12H2/t19-/m0/s1. The van der Waals surface area contributed by atoms with Crippen molar-refractivity contribution >= 4 is 40.0 Å². The molecule has 0 spiro atoms. The second-order valence-corrected chi connectivity index (χ2v) is 6.83. The molecule has 1 heterocycles. The van der Waals surface area contributed by atoms with Crippen LogP contribution in [0.5, 0.6) is 0 Å². The number of rotatable bonds is 4. The molecule has 1 N–H and O–H groups in total. The maximum atomic E-state index is 12.7. The summed E-state index contributed by atoms with van der Waals surface area (Å²) in [4.78, 5) is 26.6. The van der Waals surface area contributed by atoms with Crippen molar-refractivity contribution in [2.45, 2.75) is 12.0 Å². The number of fused-ring (bicyclic) bond motifs is 1. The summed E-state index contributed by atoms with van der Waals surface area (Å²) < 4.78 is 1.00. The number of nitrogens with zero attached hydrogens (tertiary/aromatic N) is 1. The van der Waals surface area contributed by atoms with Crippen LogP contribution in [0.2, 0.25) is 0 Å². The number of hydrogen-bond donors (Lipinski definition) is 1. The normalized spacial score (nSPS) is 19.0. The number of halogens is 1. The van der Waals surface area contributed by atoms with Gasteiger partial charge in [-0.25, -0.2) is 0 Å². The summed E-state index contributed by atoms with van der Waals surface area (Å²) >= 11 is 2.15. The minimum absolute atomic E-state index is 0.0515. The van der Waals surface area contributed by atoms with E-state index in [-0.39, 0.29) is 18.7 Å². The van der Waals surface area contributed by atoms with Crippen molar-refractivity contribution < 1.29 is 14.7 Å². The zero-order valence-corrected chi connectivity index (χ0v) is 14.9. The van der Waals surface area contributed by atoms with E-state index in [1.54, 1.807) is 36.4 Å². The Hall–Kier alpha value is -2.17. The van der Waals surface area contributed by atoms with Crippen molar-refractivity contribution in [1.29, 1.82) is 0 Å². The number of para-hydroxylation sites is 1. The zero-order valence-electron chi connectivity index (χ0n) is 12.7. The van der Waals surface area contributed by atoms with Gasteiger partial charge in [0.05, 0.1) is 18.7 Å². The number of carbonyl (C=O) groups is 2. The second-order valence-electron chi connectivity index (χ2n) is 5.58. The number of Topliss-reactive ketones (excluding diaryl/α,β-unsaturated/α-hetero) is 1. The van der Waals surface area contributed by atoms with Gasteiger partial charge >= 0.3 is 0 Å². The van der Waals surface area contributed by atoms with Crippen LogP contribution >= 0.6 is 22.6 Å². The predicted octanol–water partition coefficient (Wildman–Crippen LogP) is 2.73. The van der Waals surface area contributed by atoms with Crippen molar-refractivity contribution in [3.63, 3.8) is 0 Å². The van der Waals surface area contributed by atoms with Crippen molar-refractivity contribution in [3.05, 3.63) is 63.2 Å². The maximum Gasteiger partial charge on any atom is 0.265 e. The lowest BCUT2D eigenvalue weighted by Crippen LogP contribution is -2.42.